The summed E-state index contributed by atoms with van der Waals surface area (Å²) in [4.78, 5) is 12.6. The van der Waals surface area contributed by atoms with Gasteiger partial charge in [0.15, 0.2) is 11.5 Å². The van der Waals surface area contributed by atoms with Gasteiger partial charge in [-0.25, -0.2) is 8.42 Å². The number of hydrogen-bond donors (Lipinski definition) is 1. The van der Waals surface area contributed by atoms with Crippen molar-refractivity contribution in [1.29, 1.82) is 0 Å². The molecule has 0 unspecified atom stereocenters. The highest BCUT2D eigenvalue weighted by Gasteiger charge is 2.25. The average Bonchev–Trinajstić information content (AvgIpc) is 2.79. The highest BCUT2D eigenvalue weighted by Crippen LogP contribution is 2.35. The summed E-state index contributed by atoms with van der Waals surface area (Å²) in [5.74, 6) is 1.22. The lowest BCUT2D eigenvalue weighted by atomic mass is 9.86. The highest BCUT2D eigenvalue weighted by atomic mass is 32.2. The van der Waals surface area contributed by atoms with E-state index in [1.807, 2.05) is 24.3 Å². The van der Waals surface area contributed by atoms with Crippen molar-refractivity contribution >= 4 is 21.6 Å². The number of carbonyl (C=O) groups excluding carboxylic acids is 1. The average molecular weight is 477 g/mol. The van der Waals surface area contributed by atoms with Crippen molar-refractivity contribution in [2.45, 2.75) is 33.1 Å². The van der Waals surface area contributed by atoms with Gasteiger partial charge in [-0.15, -0.1) is 0 Å². The number of anilines is 1. The second-order valence-electron chi connectivity index (χ2n) is 8.68. The van der Waals surface area contributed by atoms with Crippen LogP contribution in [-0.4, -0.2) is 53.0 Å². The molecular formula is C24H32N2O6S. The maximum Gasteiger partial charge on any atom is 0.240 e. The molecule has 1 heterocycles. The highest BCUT2D eigenvalue weighted by molar-refractivity contribution is 7.92. The van der Waals surface area contributed by atoms with Gasteiger partial charge in [0.1, 0.15) is 32.1 Å². The fourth-order valence-electron chi connectivity index (χ4n) is 3.44. The van der Waals surface area contributed by atoms with Crippen LogP contribution in [0.5, 0.6) is 17.2 Å². The van der Waals surface area contributed by atoms with Gasteiger partial charge in [-0.2, -0.15) is 0 Å². The zero-order valence-electron chi connectivity index (χ0n) is 19.6. The third-order valence-corrected chi connectivity index (χ3v) is 6.92. The first-order valence-electron chi connectivity index (χ1n) is 11.0. The first-order valence-corrected chi connectivity index (χ1v) is 12.6. The summed E-state index contributed by atoms with van der Waals surface area (Å²) in [5.41, 5.74) is 1.36. The molecule has 0 fully saturated rings. The van der Waals surface area contributed by atoms with Crippen LogP contribution in [0.3, 0.4) is 0 Å². The summed E-state index contributed by atoms with van der Waals surface area (Å²) in [5, 5.41) is 2.74. The Morgan fingerprint density at radius 3 is 2.48 bits per heavy atom. The van der Waals surface area contributed by atoms with Crippen LogP contribution in [0.25, 0.3) is 0 Å². The smallest absolute Gasteiger partial charge is 0.240 e. The van der Waals surface area contributed by atoms with Gasteiger partial charge < -0.3 is 19.5 Å². The molecule has 0 spiro atoms. The third kappa shape index (κ3) is 6.31. The minimum atomic E-state index is -3.69. The first-order chi connectivity index (χ1) is 15.6. The van der Waals surface area contributed by atoms with Crippen molar-refractivity contribution in [3.8, 4) is 17.2 Å². The summed E-state index contributed by atoms with van der Waals surface area (Å²) in [7, 11) is -3.69. The number of hydrogen-bond acceptors (Lipinski definition) is 6. The van der Waals surface area contributed by atoms with E-state index >= 15 is 0 Å². The van der Waals surface area contributed by atoms with Crippen molar-refractivity contribution in [3.05, 3.63) is 48.0 Å². The molecule has 0 bridgehead atoms. The lowest BCUT2D eigenvalue weighted by molar-refractivity contribution is -0.119. The predicted octanol–water partition coefficient (Wildman–Crippen LogP) is 3.11. The standard InChI is InChI=1S/C24H32N2O6S/c1-5-33(28,29)26(18-10-11-21-22(16-18)32-15-14-31-21)17-23(27)25-12-13-30-20-9-7-6-8-19(20)24(2,3)4/h6-11,16H,5,12-15,17H2,1-4H3,(H,25,27). The van der Waals surface area contributed by atoms with E-state index in [4.69, 9.17) is 14.2 Å². The SMILES string of the molecule is CCS(=O)(=O)N(CC(=O)NCCOc1ccccc1C(C)(C)C)c1ccc2c(c1)OCCO2. The van der Waals surface area contributed by atoms with Crippen LogP contribution >= 0.6 is 0 Å². The van der Waals surface area contributed by atoms with Crippen LogP contribution < -0.4 is 23.8 Å². The molecule has 2 aromatic rings. The number of rotatable bonds is 9. The maximum atomic E-state index is 12.7. The van der Waals surface area contributed by atoms with E-state index in [9.17, 15) is 13.2 Å². The van der Waals surface area contributed by atoms with Crippen molar-refractivity contribution in [2.24, 2.45) is 0 Å². The Morgan fingerprint density at radius 1 is 1.09 bits per heavy atom. The van der Waals surface area contributed by atoms with Crippen LogP contribution in [0.1, 0.15) is 33.3 Å². The number of amides is 1. The normalized spacial score (nSPS) is 13.3. The summed E-state index contributed by atoms with van der Waals surface area (Å²) in [6.07, 6.45) is 0. The fraction of sp³-hybridized carbons (Fsp3) is 0.458. The number of carbonyl (C=O) groups is 1. The number of ether oxygens (including phenoxy) is 3. The zero-order valence-corrected chi connectivity index (χ0v) is 20.4. The number of fused-ring (bicyclic) bond motifs is 1. The van der Waals surface area contributed by atoms with Gasteiger partial charge in [-0.3, -0.25) is 9.10 Å². The van der Waals surface area contributed by atoms with Gasteiger partial charge in [0.25, 0.3) is 0 Å². The molecule has 8 nitrogen and oxygen atoms in total. The van der Waals surface area contributed by atoms with E-state index in [1.165, 1.54) is 0 Å². The predicted molar refractivity (Wildman–Crippen MR) is 128 cm³/mol. The van der Waals surface area contributed by atoms with Gasteiger partial charge in [0.2, 0.25) is 15.9 Å². The van der Waals surface area contributed by atoms with E-state index < -0.39 is 15.9 Å². The monoisotopic (exact) mass is 476 g/mol. The number of para-hydroxylation sites is 1. The minimum Gasteiger partial charge on any atom is -0.491 e. The van der Waals surface area contributed by atoms with Gasteiger partial charge in [0, 0.05) is 6.07 Å². The van der Waals surface area contributed by atoms with Gasteiger partial charge >= 0.3 is 0 Å². The Morgan fingerprint density at radius 2 is 1.79 bits per heavy atom. The first kappa shape index (κ1) is 24.7. The van der Waals surface area contributed by atoms with E-state index in [2.05, 4.69) is 26.1 Å². The summed E-state index contributed by atoms with van der Waals surface area (Å²) in [6.45, 7) is 8.87. The lowest BCUT2D eigenvalue weighted by Gasteiger charge is -2.26. The molecule has 1 aliphatic heterocycles. The number of nitrogens with one attached hydrogen (secondary N) is 1. The molecule has 0 aliphatic carbocycles. The van der Waals surface area contributed by atoms with Crippen molar-refractivity contribution in [2.75, 3.05) is 43.0 Å². The molecule has 0 saturated carbocycles. The van der Waals surface area contributed by atoms with Gasteiger partial charge in [-0.05, 0) is 36.1 Å². The number of nitrogens with zero attached hydrogens (tertiary/aromatic N) is 1. The Balaban J connectivity index is 1.62. The third-order valence-electron chi connectivity index (χ3n) is 5.18. The van der Waals surface area contributed by atoms with Crippen LogP contribution in [0, 0.1) is 0 Å². The van der Waals surface area contributed by atoms with Gasteiger partial charge in [0.05, 0.1) is 18.0 Å². The second kappa shape index (κ2) is 10.3. The van der Waals surface area contributed by atoms with Crippen molar-refractivity contribution in [1.82, 2.24) is 5.32 Å². The van der Waals surface area contributed by atoms with E-state index in [0.717, 1.165) is 15.6 Å². The van der Waals surface area contributed by atoms with E-state index in [0.29, 0.717) is 30.4 Å². The zero-order chi connectivity index (χ0) is 24.1. The lowest BCUT2D eigenvalue weighted by Crippen LogP contribution is -2.42. The molecule has 0 saturated heterocycles. The van der Waals surface area contributed by atoms with Crippen molar-refractivity contribution < 1.29 is 27.4 Å². The number of sulfonamides is 1. The Labute approximate surface area is 195 Å². The Hall–Kier alpha value is -2.94. The Kier molecular flexibility index (Phi) is 7.73. The van der Waals surface area contributed by atoms with Gasteiger partial charge in [-0.1, -0.05) is 39.0 Å². The molecule has 9 heteroatoms. The van der Waals surface area contributed by atoms with Crippen LogP contribution in [0.2, 0.25) is 0 Å². The topological polar surface area (TPSA) is 94.2 Å². The van der Waals surface area contributed by atoms with E-state index in [-0.39, 0.29) is 30.9 Å². The van der Waals surface area contributed by atoms with E-state index in [1.54, 1.807) is 25.1 Å². The minimum absolute atomic E-state index is 0.0709. The molecule has 0 radical (unpaired) electrons. The molecule has 1 N–H and O–H groups in total. The largest absolute Gasteiger partial charge is 0.491 e. The molecule has 180 valence electrons. The quantitative estimate of drug-likeness (QED) is 0.559. The molecule has 33 heavy (non-hydrogen) atoms. The second-order valence-corrected chi connectivity index (χ2v) is 10.9. The molecular weight excluding hydrogens is 444 g/mol. The number of benzene rings is 2. The molecule has 3 rings (SSSR count). The summed E-state index contributed by atoms with van der Waals surface area (Å²) in [6, 6.07) is 12.6. The maximum absolute atomic E-state index is 12.7. The van der Waals surface area contributed by atoms with Crippen LogP contribution in [0.15, 0.2) is 42.5 Å². The van der Waals surface area contributed by atoms with Crippen molar-refractivity contribution in [3.63, 3.8) is 0 Å². The Bertz CT molecular complexity index is 1080. The molecule has 0 aromatic heterocycles. The summed E-state index contributed by atoms with van der Waals surface area (Å²) < 4.78 is 43.4. The molecule has 1 aliphatic rings. The van der Waals surface area contributed by atoms with Crippen LogP contribution in [0.4, 0.5) is 5.69 Å². The molecule has 1 amide bonds. The molecule has 2 aromatic carbocycles. The summed E-state index contributed by atoms with van der Waals surface area (Å²) >= 11 is 0. The molecule has 0 atom stereocenters. The fourth-order valence-corrected chi connectivity index (χ4v) is 4.50. The van der Waals surface area contributed by atoms with Crippen LogP contribution in [-0.2, 0) is 20.2 Å².